The minimum absolute atomic E-state index is 0.105. The minimum Gasteiger partial charge on any atom is -0.271 e. The van der Waals surface area contributed by atoms with E-state index in [-0.39, 0.29) is 11.9 Å². The fourth-order valence-corrected chi connectivity index (χ4v) is 2.86. The largest absolute Gasteiger partial charge is 0.271 e. The molecule has 4 heteroatoms. The second-order valence-corrected chi connectivity index (χ2v) is 5.88. The Kier molecular flexibility index (Phi) is 4.91. The SMILES string of the molecule is Cc1cccc(C)c1C(Cc1ccc(Br)cc1F)NN. The lowest BCUT2D eigenvalue weighted by Gasteiger charge is -2.21. The van der Waals surface area contributed by atoms with Crippen molar-refractivity contribution >= 4 is 15.9 Å². The van der Waals surface area contributed by atoms with E-state index in [9.17, 15) is 4.39 Å². The summed E-state index contributed by atoms with van der Waals surface area (Å²) in [5, 5.41) is 0. The van der Waals surface area contributed by atoms with Gasteiger partial charge in [-0.1, -0.05) is 40.2 Å². The van der Waals surface area contributed by atoms with E-state index in [0.29, 0.717) is 12.0 Å². The molecule has 0 amide bonds. The van der Waals surface area contributed by atoms with Gasteiger partial charge in [0.25, 0.3) is 0 Å². The molecule has 2 aromatic carbocycles. The Labute approximate surface area is 127 Å². The lowest BCUT2D eigenvalue weighted by Crippen LogP contribution is -2.31. The molecule has 3 N–H and O–H groups in total. The van der Waals surface area contributed by atoms with Crippen molar-refractivity contribution in [2.45, 2.75) is 26.3 Å². The third kappa shape index (κ3) is 3.26. The number of hydrogen-bond donors (Lipinski definition) is 2. The molecule has 0 fully saturated rings. The Morgan fingerprint density at radius 3 is 2.40 bits per heavy atom. The predicted octanol–water partition coefficient (Wildman–Crippen LogP) is 3.95. The zero-order valence-corrected chi connectivity index (χ0v) is 13.2. The number of hydrogen-bond acceptors (Lipinski definition) is 2. The van der Waals surface area contributed by atoms with Gasteiger partial charge >= 0.3 is 0 Å². The van der Waals surface area contributed by atoms with Crippen molar-refractivity contribution in [3.8, 4) is 0 Å². The number of aryl methyl sites for hydroxylation is 2. The van der Waals surface area contributed by atoms with Gasteiger partial charge in [0.2, 0.25) is 0 Å². The zero-order valence-electron chi connectivity index (χ0n) is 11.6. The summed E-state index contributed by atoms with van der Waals surface area (Å²) in [6.07, 6.45) is 0.515. The third-order valence-electron chi connectivity index (χ3n) is 3.53. The third-order valence-corrected chi connectivity index (χ3v) is 4.02. The molecule has 2 rings (SSSR count). The van der Waals surface area contributed by atoms with Gasteiger partial charge in [-0.3, -0.25) is 11.3 Å². The molecule has 0 saturated carbocycles. The Hall–Kier alpha value is -1.23. The van der Waals surface area contributed by atoms with Crippen LogP contribution in [0.15, 0.2) is 40.9 Å². The lowest BCUT2D eigenvalue weighted by molar-refractivity contribution is 0.525. The van der Waals surface area contributed by atoms with Gasteiger partial charge < -0.3 is 0 Å². The van der Waals surface area contributed by atoms with Crippen LogP contribution in [0.4, 0.5) is 4.39 Å². The summed E-state index contributed by atoms with van der Waals surface area (Å²) in [5.41, 5.74) is 6.92. The maximum Gasteiger partial charge on any atom is 0.127 e. The van der Waals surface area contributed by atoms with Gasteiger partial charge in [0.15, 0.2) is 0 Å². The molecule has 0 spiro atoms. The van der Waals surface area contributed by atoms with Crippen molar-refractivity contribution < 1.29 is 4.39 Å². The maximum atomic E-state index is 14.0. The molecule has 20 heavy (non-hydrogen) atoms. The summed E-state index contributed by atoms with van der Waals surface area (Å²) in [7, 11) is 0. The van der Waals surface area contributed by atoms with Crippen LogP contribution in [0, 0.1) is 19.7 Å². The number of nitrogens with one attached hydrogen (secondary N) is 1. The van der Waals surface area contributed by atoms with E-state index in [2.05, 4.69) is 21.4 Å². The van der Waals surface area contributed by atoms with Crippen LogP contribution in [-0.2, 0) is 6.42 Å². The number of rotatable bonds is 4. The van der Waals surface area contributed by atoms with E-state index >= 15 is 0 Å². The molecule has 0 saturated heterocycles. The molecular formula is C16H18BrFN2. The summed E-state index contributed by atoms with van der Waals surface area (Å²) in [5.74, 6) is 5.47. The summed E-state index contributed by atoms with van der Waals surface area (Å²) < 4.78 is 14.7. The van der Waals surface area contributed by atoms with Crippen LogP contribution in [0.2, 0.25) is 0 Å². The molecule has 0 radical (unpaired) electrons. The highest BCUT2D eigenvalue weighted by Crippen LogP contribution is 2.26. The normalized spacial score (nSPS) is 12.4. The van der Waals surface area contributed by atoms with E-state index in [1.54, 1.807) is 6.07 Å². The van der Waals surface area contributed by atoms with E-state index in [0.717, 1.165) is 21.2 Å². The number of nitrogens with two attached hydrogens (primary N) is 1. The average molecular weight is 337 g/mol. The first-order valence-corrected chi connectivity index (χ1v) is 7.28. The number of benzene rings is 2. The second-order valence-electron chi connectivity index (χ2n) is 4.96. The van der Waals surface area contributed by atoms with Gasteiger partial charge in [-0.25, -0.2) is 4.39 Å². The summed E-state index contributed by atoms with van der Waals surface area (Å²) in [4.78, 5) is 0. The van der Waals surface area contributed by atoms with Gasteiger partial charge in [0.1, 0.15) is 5.82 Å². The summed E-state index contributed by atoms with van der Waals surface area (Å²) in [6, 6.07) is 11.1. The first kappa shape index (κ1) is 15.2. The molecule has 2 aromatic rings. The number of halogens is 2. The van der Waals surface area contributed by atoms with Gasteiger partial charge in [-0.2, -0.15) is 0 Å². The molecule has 0 bridgehead atoms. The first-order valence-electron chi connectivity index (χ1n) is 6.49. The van der Waals surface area contributed by atoms with Crippen LogP contribution >= 0.6 is 15.9 Å². The molecule has 2 nitrogen and oxygen atoms in total. The van der Waals surface area contributed by atoms with Gasteiger partial charge in [-0.05, 0) is 54.7 Å². The van der Waals surface area contributed by atoms with Gasteiger partial charge in [0.05, 0.1) is 6.04 Å². The van der Waals surface area contributed by atoms with Crippen molar-refractivity contribution in [3.05, 3.63) is 68.9 Å². The minimum atomic E-state index is -0.217. The fourth-order valence-electron chi connectivity index (χ4n) is 2.53. The monoisotopic (exact) mass is 336 g/mol. The maximum absolute atomic E-state index is 14.0. The van der Waals surface area contributed by atoms with Crippen LogP contribution < -0.4 is 11.3 Å². The highest BCUT2D eigenvalue weighted by atomic mass is 79.9. The molecule has 0 aliphatic rings. The van der Waals surface area contributed by atoms with Crippen LogP contribution in [0.5, 0.6) is 0 Å². The highest BCUT2D eigenvalue weighted by Gasteiger charge is 2.17. The molecule has 0 aromatic heterocycles. The Morgan fingerprint density at radius 2 is 1.85 bits per heavy atom. The van der Waals surface area contributed by atoms with Crippen molar-refractivity contribution in [2.75, 3.05) is 0 Å². The quantitative estimate of drug-likeness (QED) is 0.655. The van der Waals surface area contributed by atoms with E-state index in [1.165, 1.54) is 6.07 Å². The summed E-state index contributed by atoms with van der Waals surface area (Å²) in [6.45, 7) is 4.09. The highest BCUT2D eigenvalue weighted by molar-refractivity contribution is 9.10. The van der Waals surface area contributed by atoms with Gasteiger partial charge in [-0.15, -0.1) is 0 Å². The lowest BCUT2D eigenvalue weighted by atomic mass is 9.92. The van der Waals surface area contributed by atoms with Crippen LogP contribution in [0.25, 0.3) is 0 Å². The standard InChI is InChI=1S/C16H18BrFN2/c1-10-4-3-5-11(2)16(10)15(20-19)8-12-6-7-13(17)9-14(12)18/h3-7,9,15,20H,8,19H2,1-2H3. The second kappa shape index (κ2) is 6.48. The molecule has 1 unspecified atom stereocenters. The van der Waals surface area contributed by atoms with Crippen molar-refractivity contribution in [1.82, 2.24) is 5.43 Å². The number of hydrazine groups is 1. The van der Waals surface area contributed by atoms with Gasteiger partial charge in [0, 0.05) is 4.47 Å². The van der Waals surface area contributed by atoms with E-state index < -0.39 is 0 Å². The van der Waals surface area contributed by atoms with E-state index in [1.807, 2.05) is 38.1 Å². The smallest absolute Gasteiger partial charge is 0.127 e. The van der Waals surface area contributed by atoms with Crippen LogP contribution in [-0.4, -0.2) is 0 Å². The molecule has 106 valence electrons. The molecule has 0 heterocycles. The average Bonchev–Trinajstić information content (AvgIpc) is 2.39. The van der Waals surface area contributed by atoms with Crippen molar-refractivity contribution in [3.63, 3.8) is 0 Å². The Morgan fingerprint density at radius 1 is 1.20 bits per heavy atom. The summed E-state index contributed by atoms with van der Waals surface area (Å²) >= 11 is 3.27. The zero-order chi connectivity index (χ0) is 14.7. The molecule has 1 atom stereocenters. The topological polar surface area (TPSA) is 38.0 Å². The predicted molar refractivity (Wildman–Crippen MR) is 83.8 cm³/mol. The van der Waals surface area contributed by atoms with Crippen molar-refractivity contribution in [1.29, 1.82) is 0 Å². The molecular weight excluding hydrogens is 319 g/mol. The molecule has 0 aliphatic carbocycles. The Balaban J connectivity index is 2.34. The van der Waals surface area contributed by atoms with E-state index in [4.69, 9.17) is 5.84 Å². The van der Waals surface area contributed by atoms with Crippen molar-refractivity contribution in [2.24, 2.45) is 5.84 Å². The Bertz CT molecular complexity index is 593. The fraction of sp³-hybridized carbons (Fsp3) is 0.250. The molecule has 0 aliphatic heterocycles. The van der Waals surface area contributed by atoms with Crippen LogP contribution in [0.1, 0.15) is 28.3 Å². The first-order chi connectivity index (χ1) is 9.52. The van der Waals surface area contributed by atoms with Crippen LogP contribution in [0.3, 0.4) is 0 Å².